The minimum Gasteiger partial charge on any atom is -0.351 e. The first-order valence-electron chi connectivity index (χ1n) is 5.25. The molecule has 90 valence electrons. The lowest BCUT2D eigenvalue weighted by Crippen LogP contribution is -2.19. The smallest absolute Gasteiger partial charge is 0.168 e. The van der Waals surface area contributed by atoms with E-state index in [4.69, 9.17) is 0 Å². The van der Waals surface area contributed by atoms with Crippen LogP contribution in [0.5, 0.6) is 0 Å². The second kappa shape index (κ2) is 4.48. The third-order valence-electron chi connectivity index (χ3n) is 2.47. The maximum atomic E-state index is 13.8. The Morgan fingerprint density at radius 2 is 2.24 bits per heavy atom. The van der Waals surface area contributed by atoms with Gasteiger partial charge in [-0.1, -0.05) is 5.21 Å². The van der Waals surface area contributed by atoms with E-state index in [2.05, 4.69) is 15.3 Å². The second-order valence-corrected chi connectivity index (χ2v) is 4.01. The zero-order valence-electron chi connectivity index (χ0n) is 10.1. The van der Waals surface area contributed by atoms with E-state index in [1.54, 1.807) is 49.1 Å². The third kappa shape index (κ3) is 2.41. The summed E-state index contributed by atoms with van der Waals surface area (Å²) in [6.45, 7) is 2.19. The summed E-state index contributed by atoms with van der Waals surface area (Å²) in [5.41, 5.74) is 1.36. The van der Waals surface area contributed by atoms with Gasteiger partial charge in [-0.15, -0.1) is 5.10 Å². The first-order valence-corrected chi connectivity index (χ1v) is 5.25. The predicted molar refractivity (Wildman–Crippen MR) is 62.0 cm³/mol. The summed E-state index contributed by atoms with van der Waals surface area (Å²) in [6.07, 6.45) is 3.39. The molecule has 0 amide bonds. The number of anilines is 1. The minimum absolute atomic E-state index is 0.293. The quantitative estimate of drug-likeness (QED) is 0.804. The highest BCUT2D eigenvalue weighted by Gasteiger charge is 2.12. The number of aromatic nitrogens is 4. The fraction of sp³-hybridized carbons (Fsp3) is 0.364. The lowest BCUT2D eigenvalue weighted by atomic mass is 10.2. The average molecular weight is 235 g/mol. The van der Waals surface area contributed by atoms with Crippen molar-refractivity contribution in [3.8, 4) is 0 Å². The SMILES string of the molecule is Cc1ccnc(N(C)Cc2cn(C)nn2)c1F. The molecule has 0 aromatic carbocycles. The highest BCUT2D eigenvalue weighted by Crippen LogP contribution is 2.18. The van der Waals surface area contributed by atoms with Crippen LogP contribution in [-0.4, -0.2) is 27.0 Å². The van der Waals surface area contributed by atoms with Crippen LogP contribution in [0.25, 0.3) is 0 Å². The number of aryl methyl sites for hydroxylation is 2. The molecule has 0 N–H and O–H groups in total. The Labute approximate surface area is 98.9 Å². The number of hydrogen-bond acceptors (Lipinski definition) is 4. The Hall–Kier alpha value is -1.98. The topological polar surface area (TPSA) is 46.8 Å². The van der Waals surface area contributed by atoms with Crippen LogP contribution in [0.4, 0.5) is 10.2 Å². The van der Waals surface area contributed by atoms with Crippen molar-refractivity contribution >= 4 is 5.82 Å². The van der Waals surface area contributed by atoms with Crippen LogP contribution >= 0.6 is 0 Å². The number of rotatable bonds is 3. The van der Waals surface area contributed by atoms with Gasteiger partial charge in [0.25, 0.3) is 0 Å². The third-order valence-corrected chi connectivity index (χ3v) is 2.47. The van der Waals surface area contributed by atoms with E-state index in [-0.39, 0.29) is 5.82 Å². The van der Waals surface area contributed by atoms with Crippen LogP contribution in [0.2, 0.25) is 0 Å². The number of hydrogen-bond donors (Lipinski definition) is 0. The van der Waals surface area contributed by atoms with Gasteiger partial charge in [-0.2, -0.15) is 0 Å². The second-order valence-electron chi connectivity index (χ2n) is 4.01. The van der Waals surface area contributed by atoms with Crippen LogP contribution in [-0.2, 0) is 13.6 Å². The summed E-state index contributed by atoms with van der Waals surface area (Å²) in [5.74, 6) is 0.0366. The fourth-order valence-electron chi connectivity index (χ4n) is 1.58. The first kappa shape index (κ1) is 11.5. The molecule has 0 bridgehead atoms. The van der Waals surface area contributed by atoms with Gasteiger partial charge in [0.2, 0.25) is 0 Å². The molecular formula is C11H14FN5. The van der Waals surface area contributed by atoms with Crippen molar-refractivity contribution in [3.63, 3.8) is 0 Å². The summed E-state index contributed by atoms with van der Waals surface area (Å²) in [7, 11) is 3.57. The van der Waals surface area contributed by atoms with Crippen LogP contribution in [0.3, 0.4) is 0 Å². The molecule has 0 spiro atoms. The Bertz CT molecular complexity index is 522. The van der Waals surface area contributed by atoms with Crippen molar-refractivity contribution in [3.05, 3.63) is 35.5 Å². The molecule has 2 aromatic heterocycles. The van der Waals surface area contributed by atoms with Crippen LogP contribution < -0.4 is 4.90 Å². The Kier molecular flexibility index (Phi) is 3.03. The monoisotopic (exact) mass is 235 g/mol. The average Bonchev–Trinajstić information content (AvgIpc) is 2.68. The minimum atomic E-state index is -0.293. The van der Waals surface area contributed by atoms with Gasteiger partial charge in [0.05, 0.1) is 6.54 Å². The molecule has 0 radical (unpaired) electrons. The lowest BCUT2D eigenvalue weighted by Gasteiger charge is -2.17. The molecule has 0 saturated heterocycles. The van der Waals surface area contributed by atoms with Gasteiger partial charge < -0.3 is 4.90 Å². The van der Waals surface area contributed by atoms with Gasteiger partial charge in [-0.05, 0) is 18.6 Å². The summed E-state index contributed by atoms with van der Waals surface area (Å²) in [4.78, 5) is 5.75. The zero-order valence-corrected chi connectivity index (χ0v) is 10.1. The zero-order chi connectivity index (χ0) is 12.4. The van der Waals surface area contributed by atoms with Crippen molar-refractivity contribution in [1.29, 1.82) is 0 Å². The van der Waals surface area contributed by atoms with E-state index in [9.17, 15) is 4.39 Å². The van der Waals surface area contributed by atoms with Crippen LogP contribution in [0.1, 0.15) is 11.3 Å². The number of nitrogens with zero attached hydrogens (tertiary/aromatic N) is 5. The van der Waals surface area contributed by atoms with Crippen molar-refractivity contribution < 1.29 is 4.39 Å². The molecule has 17 heavy (non-hydrogen) atoms. The van der Waals surface area contributed by atoms with Crippen molar-refractivity contribution in [1.82, 2.24) is 20.0 Å². The predicted octanol–water partition coefficient (Wildman–Crippen LogP) is 1.29. The summed E-state index contributed by atoms with van der Waals surface area (Å²) >= 11 is 0. The number of pyridine rings is 1. The summed E-state index contributed by atoms with van der Waals surface area (Å²) in [5, 5.41) is 7.78. The molecule has 0 saturated carbocycles. The standard InChI is InChI=1S/C11H14FN5/c1-8-4-5-13-11(10(8)12)16(2)6-9-7-17(3)15-14-9/h4-5,7H,6H2,1-3H3. The van der Waals surface area contributed by atoms with Crippen molar-refractivity contribution in [2.45, 2.75) is 13.5 Å². The highest BCUT2D eigenvalue weighted by atomic mass is 19.1. The van der Waals surface area contributed by atoms with Gasteiger partial charge in [0.15, 0.2) is 11.6 Å². The molecule has 0 fully saturated rings. The van der Waals surface area contributed by atoms with Gasteiger partial charge in [0.1, 0.15) is 5.69 Å². The Morgan fingerprint density at radius 1 is 1.47 bits per heavy atom. The Morgan fingerprint density at radius 3 is 2.88 bits per heavy atom. The molecule has 5 nitrogen and oxygen atoms in total. The van der Waals surface area contributed by atoms with Gasteiger partial charge in [-0.3, -0.25) is 4.68 Å². The molecular weight excluding hydrogens is 221 g/mol. The molecule has 0 aliphatic carbocycles. The van der Waals surface area contributed by atoms with E-state index in [0.717, 1.165) is 5.69 Å². The number of halogens is 1. The Balaban J connectivity index is 2.20. The highest BCUT2D eigenvalue weighted by molar-refractivity contribution is 5.42. The molecule has 0 aliphatic rings. The molecule has 2 rings (SSSR count). The fourth-order valence-corrected chi connectivity index (χ4v) is 1.58. The van der Waals surface area contributed by atoms with Gasteiger partial charge >= 0.3 is 0 Å². The van der Waals surface area contributed by atoms with E-state index in [1.807, 2.05) is 0 Å². The molecule has 0 unspecified atom stereocenters. The van der Waals surface area contributed by atoms with E-state index in [0.29, 0.717) is 17.9 Å². The van der Waals surface area contributed by atoms with Crippen LogP contribution in [0.15, 0.2) is 18.5 Å². The van der Waals surface area contributed by atoms with Gasteiger partial charge in [0, 0.05) is 26.5 Å². The molecule has 2 aromatic rings. The summed E-state index contributed by atoms with van der Waals surface area (Å²) in [6, 6.07) is 1.65. The van der Waals surface area contributed by atoms with Gasteiger partial charge in [-0.25, -0.2) is 9.37 Å². The molecule has 0 atom stereocenters. The van der Waals surface area contributed by atoms with Crippen LogP contribution in [0, 0.1) is 12.7 Å². The molecule has 0 aliphatic heterocycles. The normalized spacial score (nSPS) is 10.6. The largest absolute Gasteiger partial charge is 0.351 e. The maximum absolute atomic E-state index is 13.8. The lowest BCUT2D eigenvalue weighted by molar-refractivity contribution is 0.605. The van der Waals surface area contributed by atoms with E-state index >= 15 is 0 Å². The summed E-state index contributed by atoms with van der Waals surface area (Å²) < 4.78 is 15.4. The maximum Gasteiger partial charge on any atom is 0.168 e. The van der Waals surface area contributed by atoms with Crippen molar-refractivity contribution in [2.75, 3.05) is 11.9 Å². The first-order chi connectivity index (χ1) is 8.08. The molecule has 2 heterocycles. The van der Waals surface area contributed by atoms with Crippen molar-refractivity contribution in [2.24, 2.45) is 7.05 Å². The van der Waals surface area contributed by atoms with E-state index < -0.39 is 0 Å². The molecule has 6 heteroatoms. The van der Waals surface area contributed by atoms with E-state index in [1.165, 1.54) is 0 Å².